The number of halogens is 1. The first-order chi connectivity index (χ1) is 11.6. The summed E-state index contributed by atoms with van der Waals surface area (Å²) < 4.78 is 2.68. The highest BCUT2D eigenvalue weighted by molar-refractivity contribution is 9.10. The lowest BCUT2D eigenvalue weighted by molar-refractivity contribution is 0.0684. The zero-order chi connectivity index (χ0) is 17.1. The average Bonchev–Trinajstić information content (AvgIpc) is 2.97. The van der Waals surface area contributed by atoms with Crippen molar-refractivity contribution in [2.75, 3.05) is 26.7 Å². The number of piperidine rings is 1. The van der Waals surface area contributed by atoms with E-state index in [9.17, 15) is 4.79 Å². The Morgan fingerprint density at radius 1 is 1.38 bits per heavy atom. The number of nitrogens with one attached hydrogen (secondary N) is 1. The van der Waals surface area contributed by atoms with Gasteiger partial charge in [-0.1, -0.05) is 27.2 Å². The van der Waals surface area contributed by atoms with Crippen molar-refractivity contribution in [1.82, 2.24) is 25.2 Å². The van der Waals surface area contributed by atoms with Gasteiger partial charge in [0.25, 0.3) is 5.91 Å². The average molecular weight is 392 g/mol. The molecule has 0 saturated carbocycles. The van der Waals surface area contributed by atoms with Gasteiger partial charge in [-0.15, -0.1) is 5.10 Å². The number of hydrogen-bond acceptors (Lipinski definition) is 4. The van der Waals surface area contributed by atoms with Crippen LogP contribution in [0.3, 0.4) is 0 Å². The highest BCUT2D eigenvalue weighted by atomic mass is 79.9. The molecule has 0 unspecified atom stereocenters. The van der Waals surface area contributed by atoms with Gasteiger partial charge in [0.2, 0.25) is 0 Å². The Balaban J connectivity index is 1.75. The van der Waals surface area contributed by atoms with Crippen LogP contribution in [-0.4, -0.2) is 52.5 Å². The maximum absolute atomic E-state index is 12.8. The van der Waals surface area contributed by atoms with E-state index in [0.717, 1.165) is 48.3 Å². The van der Waals surface area contributed by atoms with Crippen LogP contribution in [0.1, 0.15) is 29.0 Å². The molecule has 1 aliphatic heterocycles. The van der Waals surface area contributed by atoms with Crippen molar-refractivity contribution < 1.29 is 4.79 Å². The van der Waals surface area contributed by atoms with Crippen LogP contribution in [0.4, 0.5) is 0 Å². The second kappa shape index (κ2) is 7.44. The Kier molecular flexibility index (Phi) is 5.30. The minimum Gasteiger partial charge on any atom is -0.337 e. The first-order valence-corrected chi connectivity index (χ1v) is 9.01. The van der Waals surface area contributed by atoms with Gasteiger partial charge < -0.3 is 10.2 Å². The third kappa shape index (κ3) is 3.52. The quantitative estimate of drug-likeness (QED) is 0.868. The molecule has 1 aliphatic rings. The Labute approximate surface area is 150 Å². The summed E-state index contributed by atoms with van der Waals surface area (Å²) in [6.45, 7) is 4.48. The lowest BCUT2D eigenvalue weighted by Gasteiger charge is -2.31. The van der Waals surface area contributed by atoms with Crippen LogP contribution in [0, 0.1) is 12.8 Å². The summed E-state index contributed by atoms with van der Waals surface area (Å²) in [7, 11) is 1.97. The van der Waals surface area contributed by atoms with Crippen molar-refractivity contribution in [2.24, 2.45) is 5.92 Å². The van der Waals surface area contributed by atoms with E-state index < -0.39 is 0 Å². The van der Waals surface area contributed by atoms with E-state index >= 15 is 0 Å². The molecule has 128 valence electrons. The van der Waals surface area contributed by atoms with Crippen molar-refractivity contribution in [3.05, 3.63) is 40.1 Å². The summed E-state index contributed by atoms with van der Waals surface area (Å²) in [5.41, 5.74) is 2.11. The summed E-state index contributed by atoms with van der Waals surface area (Å²) >= 11 is 3.46. The summed E-state index contributed by atoms with van der Waals surface area (Å²) in [5.74, 6) is 0.633. The third-order valence-electron chi connectivity index (χ3n) is 4.54. The Morgan fingerprint density at radius 2 is 2.12 bits per heavy atom. The molecule has 1 aromatic heterocycles. The van der Waals surface area contributed by atoms with Gasteiger partial charge in [0.1, 0.15) is 0 Å². The standard InChI is InChI=1S/C17H22BrN5O/c1-12-16(17(24)22-8-6-13(7-9-22)11-19-2)20-21-23(12)15-5-3-4-14(18)10-15/h3-5,10,13,19H,6-9,11H2,1-2H3. The molecule has 0 aliphatic carbocycles. The molecule has 24 heavy (non-hydrogen) atoms. The number of amides is 1. The molecule has 0 bridgehead atoms. The van der Waals surface area contributed by atoms with Crippen LogP contribution in [-0.2, 0) is 0 Å². The van der Waals surface area contributed by atoms with Gasteiger partial charge in [-0.25, -0.2) is 4.68 Å². The largest absolute Gasteiger partial charge is 0.337 e. The van der Waals surface area contributed by atoms with Gasteiger partial charge in [0.15, 0.2) is 5.69 Å². The topological polar surface area (TPSA) is 63.1 Å². The molecule has 1 fully saturated rings. The van der Waals surface area contributed by atoms with Crippen molar-refractivity contribution in [1.29, 1.82) is 0 Å². The van der Waals surface area contributed by atoms with Crippen LogP contribution in [0.5, 0.6) is 0 Å². The highest BCUT2D eigenvalue weighted by Crippen LogP contribution is 2.21. The predicted molar refractivity (Wildman–Crippen MR) is 96.4 cm³/mol. The van der Waals surface area contributed by atoms with E-state index in [4.69, 9.17) is 0 Å². The lowest BCUT2D eigenvalue weighted by Crippen LogP contribution is -2.40. The maximum atomic E-state index is 12.8. The molecule has 1 saturated heterocycles. The molecular formula is C17H22BrN5O. The van der Waals surface area contributed by atoms with E-state index in [1.54, 1.807) is 4.68 Å². The van der Waals surface area contributed by atoms with Gasteiger partial charge >= 0.3 is 0 Å². The molecule has 7 heteroatoms. The Hall–Kier alpha value is -1.73. The smallest absolute Gasteiger partial charge is 0.276 e. The zero-order valence-electron chi connectivity index (χ0n) is 14.0. The number of rotatable bonds is 4. The summed E-state index contributed by atoms with van der Waals surface area (Å²) in [6.07, 6.45) is 2.07. The van der Waals surface area contributed by atoms with Crippen LogP contribution in [0.2, 0.25) is 0 Å². The number of benzene rings is 1. The third-order valence-corrected chi connectivity index (χ3v) is 5.04. The van der Waals surface area contributed by atoms with Crippen LogP contribution in [0.15, 0.2) is 28.7 Å². The monoisotopic (exact) mass is 391 g/mol. The number of nitrogens with zero attached hydrogens (tertiary/aromatic N) is 4. The Morgan fingerprint density at radius 3 is 2.79 bits per heavy atom. The molecule has 2 aromatic rings. The molecule has 3 rings (SSSR count). The number of carbonyl (C=O) groups excluding carboxylic acids is 1. The molecule has 1 N–H and O–H groups in total. The predicted octanol–water partition coefficient (Wildman–Crippen LogP) is 2.41. The number of likely N-dealkylation sites (tertiary alicyclic amines) is 1. The van der Waals surface area contributed by atoms with E-state index in [1.165, 1.54) is 0 Å². The second-order valence-electron chi connectivity index (χ2n) is 6.21. The Bertz CT molecular complexity index is 722. The molecular weight excluding hydrogens is 370 g/mol. The van der Waals surface area contributed by atoms with Gasteiger partial charge in [0.05, 0.1) is 11.4 Å². The number of aromatic nitrogens is 3. The summed E-state index contributed by atoms with van der Waals surface area (Å²) in [6, 6.07) is 7.80. The summed E-state index contributed by atoms with van der Waals surface area (Å²) in [4.78, 5) is 14.7. The van der Waals surface area contributed by atoms with Crippen molar-refractivity contribution >= 4 is 21.8 Å². The minimum atomic E-state index is -0.0170. The van der Waals surface area contributed by atoms with Gasteiger partial charge in [-0.3, -0.25) is 4.79 Å². The molecule has 2 heterocycles. The SMILES string of the molecule is CNCC1CCN(C(=O)c2nnn(-c3cccc(Br)c3)c2C)CC1. The lowest BCUT2D eigenvalue weighted by atomic mass is 9.96. The highest BCUT2D eigenvalue weighted by Gasteiger charge is 2.27. The zero-order valence-corrected chi connectivity index (χ0v) is 15.6. The molecule has 0 radical (unpaired) electrons. The molecule has 6 nitrogen and oxygen atoms in total. The van der Waals surface area contributed by atoms with Crippen LogP contribution >= 0.6 is 15.9 Å². The maximum Gasteiger partial charge on any atom is 0.276 e. The summed E-state index contributed by atoms with van der Waals surface area (Å²) in [5, 5.41) is 11.5. The second-order valence-corrected chi connectivity index (χ2v) is 7.12. The van der Waals surface area contributed by atoms with Gasteiger partial charge in [-0.05, 0) is 57.5 Å². The van der Waals surface area contributed by atoms with E-state index in [0.29, 0.717) is 11.6 Å². The normalized spacial score (nSPS) is 15.7. The van der Waals surface area contributed by atoms with Crippen LogP contribution in [0.25, 0.3) is 5.69 Å². The van der Waals surface area contributed by atoms with Crippen molar-refractivity contribution in [2.45, 2.75) is 19.8 Å². The van der Waals surface area contributed by atoms with Crippen molar-refractivity contribution in [3.8, 4) is 5.69 Å². The fourth-order valence-electron chi connectivity index (χ4n) is 3.16. The fraction of sp³-hybridized carbons (Fsp3) is 0.471. The van der Waals surface area contributed by atoms with E-state index in [2.05, 4.69) is 31.6 Å². The molecule has 0 atom stereocenters. The van der Waals surface area contributed by atoms with Gasteiger partial charge in [0, 0.05) is 17.6 Å². The van der Waals surface area contributed by atoms with E-state index in [-0.39, 0.29) is 5.91 Å². The van der Waals surface area contributed by atoms with E-state index in [1.807, 2.05) is 43.1 Å². The first kappa shape index (κ1) is 17.1. The number of hydrogen-bond donors (Lipinski definition) is 1. The first-order valence-electron chi connectivity index (χ1n) is 8.22. The number of carbonyl (C=O) groups is 1. The van der Waals surface area contributed by atoms with Crippen LogP contribution < -0.4 is 5.32 Å². The fourth-order valence-corrected chi connectivity index (χ4v) is 3.55. The molecule has 0 spiro atoms. The molecule has 1 amide bonds. The van der Waals surface area contributed by atoms with Crippen molar-refractivity contribution in [3.63, 3.8) is 0 Å². The van der Waals surface area contributed by atoms with Gasteiger partial charge in [-0.2, -0.15) is 0 Å². The molecule has 1 aromatic carbocycles. The minimum absolute atomic E-state index is 0.0170.